The predicted molar refractivity (Wildman–Crippen MR) is 76.9 cm³/mol. The van der Waals surface area contributed by atoms with E-state index < -0.39 is 16.0 Å². The van der Waals surface area contributed by atoms with E-state index in [0.717, 1.165) is 30.7 Å². The molecule has 0 amide bonds. The molecular weight excluding hydrogens is 326 g/mol. The number of hydrogen-bond donors (Lipinski definition) is 2. The first kappa shape index (κ1) is 17.3. The number of ether oxygens (including phenoxy) is 1. The van der Waals surface area contributed by atoms with Gasteiger partial charge in [0.05, 0.1) is 12.6 Å². The summed E-state index contributed by atoms with van der Waals surface area (Å²) in [5, 5.41) is 3.19. The molecule has 1 unspecified atom stereocenters. The Labute approximate surface area is 127 Å². The van der Waals surface area contributed by atoms with Gasteiger partial charge in [0.1, 0.15) is 0 Å². The Morgan fingerprint density at radius 1 is 1.65 bits per heavy atom. The maximum absolute atomic E-state index is 12.1. The van der Waals surface area contributed by atoms with Gasteiger partial charge in [-0.1, -0.05) is 0 Å². The highest BCUT2D eigenvalue weighted by atomic mass is 35.5. The maximum atomic E-state index is 12.1. The molecular formula is C10H16ClN3O4S2. The molecule has 10 heteroatoms. The first-order chi connectivity index (χ1) is 9.04. The Hall–Kier alpha value is -0.740. The molecule has 1 aromatic heterocycles. The number of methoxy groups -OCH3 is 1. The first-order valence-electron chi connectivity index (χ1n) is 5.79. The standard InChI is InChI=1S/C10H15N3O4S2.ClH/c1-17-9(14)8-10(18-6-12-8)19(15,16)13-5-7-3-2-4-11-7;/h6-7,11,13H,2-5H2,1H3;1H. The van der Waals surface area contributed by atoms with Crippen molar-refractivity contribution in [2.75, 3.05) is 20.2 Å². The smallest absolute Gasteiger partial charge is 0.358 e. The topological polar surface area (TPSA) is 97.4 Å². The van der Waals surface area contributed by atoms with E-state index in [2.05, 4.69) is 19.8 Å². The molecule has 1 aliphatic rings. The van der Waals surface area contributed by atoms with Crippen molar-refractivity contribution in [3.63, 3.8) is 0 Å². The van der Waals surface area contributed by atoms with Crippen molar-refractivity contribution in [3.05, 3.63) is 11.2 Å². The largest absolute Gasteiger partial charge is 0.464 e. The minimum absolute atomic E-state index is 0. The van der Waals surface area contributed by atoms with Gasteiger partial charge in [0, 0.05) is 12.6 Å². The number of rotatable bonds is 5. The highest BCUT2D eigenvalue weighted by Gasteiger charge is 2.27. The van der Waals surface area contributed by atoms with Gasteiger partial charge < -0.3 is 10.1 Å². The van der Waals surface area contributed by atoms with Crippen molar-refractivity contribution < 1.29 is 17.9 Å². The molecule has 0 saturated carbocycles. The minimum Gasteiger partial charge on any atom is -0.464 e. The number of nitrogens with one attached hydrogen (secondary N) is 2. The molecule has 2 heterocycles. The van der Waals surface area contributed by atoms with Crippen LogP contribution in [-0.4, -0.2) is 45.6 Å². The van der Waals surface area contributed by atoms with Crippen LogP contribution in [0.2, 0.25) is 0 Å². The summed E-state index contributed by atoms with van der Waals surface area (Å²) in [7, 11) is -2.54. The number of carbonyl (C=O) groups is 1. The number of halogens is 1. The van der Waals surface area contributed by atoms with E-state index in [9.17, 15) is 13.2 Å². The molecule has 0 aromatic carbocycles. The number of nitrogens with zero attached hydrogens (tertiary/aromatic N) is 1. The van der Waals surface area contributed by atoms with E-state index in [1.807, 2.05) is 0 Å². The second-order valence-corrected chi connectivity index (χ2v) is 6.94. The molecule has 20 heavy (non-hydrogen) atoms. The zero-order chi connectivity index (χ0) is 13.9. The van der Waals surface area contributed by atoms with Gasteiger partial charge in [-0.25, -0.2) is 22.9 Å². The fourth-order valence-corrected chi connectivity index (χ4v) is 4.12. The molecule has 2 N–H and O–H groups in total. The van der Waals surface area contributed by atoms with Crippen molar-refractivity contribution in [1.29, 1.82) is 0 Å². The van der Waals surface area contributed by atoms with E-state index in [0.29, 0.717) is 6.54 Å². The third-order valence-corrected chi connectivity index (χ3v) is 5.63. The van der Waals surface area contributed by atoms with E-state index >= 15 is 0 Å². The molecule has 7 nitrogen and oxygen atoms in total. The fourth-order valence-electron chi connectivity index (χ4n) is 1.87. The first-order valence-corrected chi connectivity index (χ1v) is 8.15. The number of hydrogen-bond acceptors (Lipinski definition) is 7. The monoisotopic (exact) mass is 341 g/mol. The van der Waals surface area contributed by atoms with Gasteiger partial charge in [-0.2, -0.15) is 0 Å². The van der Waals surface area contributed by atoms with Crippen LogP contribution >= 0.6 is 23.7 Å². The van der Waals surface area contributed by atoms with Gasteiger partial charge in [0.2, 0.25) is 0 Å². The average Bonchev–Trinajstić information content (AvgIpc) is 3.06. The van der Waals surface area contributed by atoms with Crippen molar-refractivity contribution in [2.45, 2.75) is 23.1 Å². The Balaban J connectivity index is 0.00000200. The molecule has 0 radical (unpaired) electrons. The van der Waals surface area contributed by atoms with Crippen LogP contribution in [0.5, 0.6) is 0 Å². The Kier molecular flexibility index (Phi) is 6.34. The molecule has 1 saturated heterocycles. The Morgan fingerprint density at radius 2 is 2.40 bits per heavy atom. The highest BCUT2D eigenvalue weighted by molar-refractivity contribution is 7.91. The van der Waals surface area contributed by atoms with Gasteiger partial charge in [0.15, 0.2) is 9.90 Å². The van der Waals surface area contributed by atoms with Crippen molar-refractivity contribution >= 4 is 39.7 Å². The summed E-state index contributed by atoms with van der Waals surface area (Å²) in [5.74, 6) is -0.749. The van der Waals surface area contributed by atoms with Crippen LogP contribution in [0.3, 0.4) is 0 Å². The van der Waals surface area contributed by atoms with Crippen LogP contribution in [0.1, 0.15) is 23.3 Å². The summed E-state index contributed by atoms with van der Waals surface area (Å²) in [6.07, 6.45) is 1.98. The van der Waals surface area contributed by atoms with Crippen LogP contribution in [0, 0.1) is 0 Å². The van der Waals surface area contributed by atoms with E-state index in [1.165, 1.54) is 12.6 Å². The fraction of sp³-hybridized carbons (Fsp3) is 0.600. The molecule has 114 valence electrons. The second-order valence-electron chi connectivity index (χ2n) is 4.13. The van der Waals surface area contributed by atoms with Gasteiger partial charge in [0.25, 0.3) is 10.0 Å². The van der Waals surface area contributed by atoms with E-state index in [4.69, 9.17) is 0 Å². The number of carbonyl (C=O) groups excluding carboxylic acids is 1. The van der Waals surface area contributed by atoms with Crippen LogP contribution in [0.4, 0.5) is 0 Å². The van der Waals surface area contributed by atoms with Crippen molar-refractivity contribution in [2.24, 2.45) is 0 Å². The van der Waals surface area contributed by atoms with E-state index in [-0.39, 0.29) is 28.4 Å². The van der Waals surface area contributed by atoms with Gasteiger partial charge >= 0.3 is 5.97 Å². The zero-order valence-electron chi connectivity index (χ0n) is 10.8. The number of thiazole rings is 1. The van der Waals surface area contributed by atoms with Gasteiger partial charge in [-0.05, 0) is 19.4 Å². The number of aromatic nitrogens is 1. The summed E-state index contributed by atoms with van der Waals surface area (Å²) in [5.41, 5.74) is 1.15. The Morgan fingerprint density at radius 3 is 3.00 bits per heavy atom. The quantitative estimate of drug-likeness (QED) is 0.751. The average molecular weight is 342 g/mol. The molecule has 0 bridgehead atoms. The van der Waals surface area contributed by atoms with Crippen molar-refractivity contribution in [1.82, 2.24) is 15.0 Å². The number of sulfonamides is 1. The molecule has 1 aliphatic heterocycles. The zero-order valence-corrected chi connectivity index (χ0v) is 13.2. The van der Waals surface area contributed by atoms with Crippen LogP contribution in [0.15, 0.2) is 9.72 Å². The molecule has 1 fully saturated rings. The lowest BCUT2D eigenvalue weighted by atomic mass is 10.2. The number of esters is 1. The molecule has 0 aliphatic carbocycles. The SMILES string of the molecule is COC(=O)c1ncsc1S(=O)(=O)NCC1CCCN1.Cl. The molecule has 0 spiro atoms. The van der Waals surface area contributed by atoms with E-state index in [1.54, 1.807) is 0 Å². The summed E-state index contributed by atoms with van der Waals surface area (Å²) in [6, 6.07) is 0.143. The molecule has 1 atom stereocenters. The van der Waals surface area contributed by atoms with Gasteiger partial charge in [-0.15, -0.1) is 23.7 Å². The summed E-state index contributed by atoms with van der Waals surface area (Å²) >= 11 is 0.900. The third kappa shape index (κ3) is 3.89. The summed E-state index contributed by atoms with van der Waals surface area (Å²) in [6.45, 7) is 1.21. The third-order valence-electron chi connectivity index (χ3n) is 2.84. The van der Waals surface area contributed by atoms with Crippen LogP contribution in [-0.2, 0) is 14.8 Å². The lowest BCUT2D eigenvalue weighted by Crippen LogP contribution is -2.37. The predicted octanol–water partition coefficient (Wildman–Crippen LogP) is 0.382. The summed E-state index contributed by atoms with van der Waals surface area (Å²) < 4.78 is 31.1. The van der Waals surface area contributed by atoms with Gasteiger partial charge in [-0.3, -0.25) is 0 Å². The minimum atomic E-state index is -3.72. The maximum Gasteiger partial charge on any atom is 0.358 e. The molecule has 1 aromatic rings. The Bertz CT molecular complexity index is 555. The lowest BCUT2D eigenvalue weighted by molar-refractivity contribution is 0.0590. The second kappa shape index (κ2) is 7.32. The lowest BCUT2D eigenvalue weighted by Gasteiger charge is -2.11. The normalized spacial score (nSPS) is 18.6. The molecule has 2 rings (SSSR count). The van der Waals surface area contributed by atoms with Crippen molar-refractivity contribution in [3.8, 4) is 0 Å². The van der Waals surface area contributed by atoms with Crippen LogP contribution in [0.25, 0.3) is 0 Å². The van der Waals surface area contributed by atoms with Crippen LogP contribution < -0.4 is 10.0 Å². The highest BCUT2D eigenvalue weighted by Crippen LogP contribution is 2.20. The summed E-state index contributed by atoms with van der Waals surface area (Å²) in [4.78, 5) is 15.2.